The van der Waals surface area contributed by atoms with Crippen LogP contribution in [0, 0.1) is 6.92 Å². The molecule has 1 aromatic heterocycles. The molecule has 0 saturated carbocycles. The molecule has 1 atom stereocenters. The summed E-state index contributed by atoms with van der Waals surface area (Å²) in [6, 6.07) is 1.83. The van der Waals surface area contributed by atoms with Crippen LogP contribution < -0.4 is 0 Å². The summed E-state index contributed by atoms with van der Waals surface area (Å²) in [6.07, 6.45) is -4.64. The monoisotopic (exact) mass is 264 g/mol. The number of alkyl halides is 3. The molecule has 0 radical (unpaired) electrons. The van der Waals surface area contributed by atoms with Crippen LogP contribution in [0.5, 0.6) is 0 Å². The molecule has 0 aliphatic heterocycles. The third-order valence-corrected chi connectivity index (χ3v) is 2.84. The Bertz CT molecular complexity index is 397. The Morgan fingerprint density at radius 3 is 2.39 bits per heavy atom. The van der Waals surface area contributed by atoms with E-state index in [1.807, 2.05) is 13.0 Å². The Balaban J connectivity index is 2.51. The van der Waals surface area contributed by atoms with Gasteiger partial charge in [0.25, 0.3) is 0 Å². The van der Waals surface area contributed by atoms with Crippen molar-refractivity contribution in [2.75, 3.05) is 0 Å². The number of hydrogen-bond acceptors (Lipinski definition) is 2. The van der Waals surface area contributed by atoms with Crippen molar-refractivity contribution >= 4 is 0 Å². The lowest BCUT2D eigenvalue weighted by Gasteiger charge is -2.23. The molecule has 1 N–H and O–H groups in total. The van der Waals surface area contributed by atoms with Gasteiger partial charge in [-0.3, -0.25) is 4.68 Å². The highest BCUT2D eigenvalue weighted by atomic mass is 19.4. The number of hydrogen-bond donors (Lipinski definition) is 1. The molecule has 1 heterocycles. The van der Waals surface area contributed by atoms with Gasteiger partial charge in [-0.05, 0) is 32.8 Å². The van der Waals surface area contributed by atoms with E-state index in [1.54, 1.807) is 18.7 Å². The second-order valence-corrected chi connectivity index (χ2v) is 5.04. The lowest BCUT2D eigenvalue weighted by molar-refractivity contribution is -0.137. The molecule has 3 nitrogen and oxygen atoms in total. The molecule has 0 fully saturated rings. The standard InChI is InChI=1S/C12H19F3N2O/c1-9-7-10(17(3)16-9)8-11(2,18)5-4-6-12(13,14)15/h7,18H,4-6,8H2,1-3H3. The van der Waals surface area contributed by atoms with E-state index in [4.69, 9.17) is 0 Å². The molecule has 0 saturated heterocycles. The van der Waals surface area contributed by atoms with Crippen LogP contribution in [0.1, 0.15) is 37.6 Å². The molecule has 0 aliphatic rings. The maximum Gasteiger partial charge on any atom is 0.389 e. The fraction of sp³-hybridized carbons (Fsp3) is 0.750. The van der Waals surface area contributed by atoms with Gasteiger partial charge in [-0.2, -0.15) is 18.3 Å². The van der Waals surface area contributed by atoms with Crippen LogP contribution in [0.25, 0.3) is 0 Å². The molecule has 0 amide bonds. The van der Waals surface area contributed by atoms with E-state index in [-0.39, 0.29) is 12.8 Å². The maximum atomic E-state index is 12.0. The van der Waals surface area contributed by atoms with E-state index in [1.165, 1.54) is 0 Å². The summed E-state index contributed by atoms with van der Waals surface area (Å²) in [4.78, 5) is 0. The summed E-state index contributed by atoms with van der Waals surface area (Å²) in [7, 11) is 1.76. The SMILES string of the molecule is Cc1cc(CC(C)(O)CCCC(F)(F)F)n(C)n1. The quantitative estimate of drug-likeness (QED) is 0.888. The van der Waals surface area contributed by atoms with Crippen molar-refractivity contribution in [2.24, 2.45) is 7.05 Å². The van der Waals surface area contributed by atoms with Crippen molar-refractivity contribution in [2.45, 2.75) is 51.3 Å². The van der Waals surface area contributed by atoms with E-state index in [2.05, 4.69) is 5.10 Å². The maximum absolute atomic E-state index is 12.0. The first-order valence-electron chi connectivity index (χ1n) is 5.88. The lowest BCUT2D eigenvalue weighted by atomic mass is 9.93. The van der Waals surface area contributed by atoms with Gasteiger partial charge in [-0.15, -0.1) is 0 Å². The molecule has 1 rings (SSSR count). The van der Waals surface area contributed by atoms with Crippen molar-refractivity contribution in [1.82, 2.24) is 9.78 Å². The average Bonchev–Trinajstić information content (AvgIpc) is 2.41. The second kappa shape index (κ2) is 5.30. The van der Waals surface area contributed by atoms with Gasteiger partial charge in [0.15, 0.2) is 0 Å². The Labute approximate surface area is 105 Å². The van der Waals surface area contributed by atoms with Crippen LogP contribution in [-0.4, -0.2) is 26.7 Å². The topological polar surface area (TPSA) is 38.0 Å². The molecular weight excluding hydrogens is 245 g/mol. The van der Waals surface area contributed by atoms with E-state index >= 15 is 0 Å². The highest BCUT2D eigenvalue weighted by Crippen LogP contribution is 2.26. The predicted molar refractivity (Wildman–Crippen MR) is 62.2 cm³/mol. The van der Waals surface area contributed by atoms with Gasteiger partial charge < -0.3 is 5.11 Å². The third-order valence-electron chi connectivity index (χ3n) is 2.84. The third kappa shape index (κ3) is 5.08. The van der Waals surface area contributed by atoms with Crippen LogP contribution in [0.15, 0.2) is 6.07 Å². The molecule has 18 heavy (non-hydrogen) atoms. The first-order chi connectivity index (χ1) is 8.09. The first kappa shape index (κ1) is 15.0. The highest BCUT2D eigenvalue weighted by Gasteiger charge is 2.29. The van der Waals surface area contributed by atoms with Crippen LogP contribution in [0.3, 0.4) is 0 Å². The summed E-state index contributed by atoms with van der Waals surface area (Å²) < 4.78 is 37.7. The molecule has 0 aromatic carbocycles. The van der Waals surface area contributed by atoms with E-state index in [0.717, 1.165) is 11.4 Å². The number of nitrogens with zero attached hydrogens (tertiary/aromatic N) is 2. The molecule has 6 heteroatoms. The Hall–Kier alpha value is -1.04. The smallest absolute Gasteiger partial charge is 0.389 e. The molecular formula is C12H19F3N2O. The van der Waals surface area contributed by atoms with Gasteiger partial charge in [0.2, 0.25) is 0 Å². The van der Waals surface area contributed by atoms with Gasteiger partial charge in [0.1, 0.15) is 0 Å². The van der Waals surface area contributed by atoms with Gasteiger partial charge in [-0.1, -0.05) is 0 Å². The van der Waals surface area contributed by atoms with Gasteiger partial charge >= 0.3 is 6.18 Å². The molecule has 1 unspecified atom stereocenters. The Kier molecular flexibility index (Phi) is 4.42. The number of halogens is 3. The fourth-order valence-corrected chi connectivity index (χ4v) is 1.98. The molecule has 0 bridgehead atoms. The van der Waals surface area contributed by atoms with Crippen LogP contribution in [0.4, 0.5) is 13.2 Å². The van der Waals surface area contributed by atoms with Gasteiger partial charge in [0.05, 0.1) is 11.3 Å². The summed E-state index contributed by atoms with van der Waals surface area (Å²) in [5.41, 5.74) is 0.522. The van der Waals surface area contributed by atoms with Crippen molar-refractivity contribution in [1.29, 1.82) is 0 Å². The minimum absolute atomic E-state index is 0.0622. The Morgan fingerprint density at radius 1 is 1.33 bits per heavy atom. The van der Waals surface area contributed by atoms with Crippen LogP contribution >= 0.6 is 0 Å². The number of aliphatic hydroxyl groups is 1. The van der Waals surface area contributed by atoms with E-state index < -0.39 is 18.2 Å². The largest absolute Gasteiger partial charge is 0.390 e. The number of aryl methyl sites for hydroxylation is 2. The summed E-state index contributed by atoms with van der Waals surface area (Å²) >= 11 is 0. The lowest BCUT2D eigenvalue weighted by Crippen LogP contribution is -2.28. The van der Waals surface area contributed by atoms with Crippen molar-refractivity contribution < 1.29 is 18.3 Å². The summed E-state index contributed by atoms with van der Waals surface area (Å²) in [5.74, 6) is 0. The van der Waals surface area contributed by atoms with Crippen molar-refractivity contribution in [3.8, 4) is 0 Å². The zero-order chi connectivity index (χ0) is 14.0. The number of rotatable bonds is 5. The predicted octanol–water partition coefficient (Wildman–Crippen LogP) is 2.75. The first-order valence-corrected chi connectivity index (χ1v) is 5.88. The molecule has 0 spiro atoms. The minimum Gasteiger partial charge on any atom is -0.390 e. The molecule has 0 aliphatic carbocycles. The highest BCUT2D eigenvalue weighted by molar-refractivity contribution is 5.11. The van der Waals surface area contributed by atoms with Gasteiger partial charge in [-0.25, -0.2) is 0 Å². The summed E-state index contributed by atoms with van der Waals surface area (Å²) in [5, 5.41) is 14.2. The fourth-order valence-electron chi connectivity index (χ4n) is 1.98. The Morgan fingerprint density at radius 2 is 1.94 bits per heavy atom. The molecule has 1 aromatic rings. The minimum atomic E-state index is -4.15. The summed E-state index contributed by atoms with van der Waals surface area (Å²) in [6.45, 7) is 3.40. The average molecular weight is 264 g/mol. The zero-order valence-corrected chi connectivity index (χ0v) is 10.9. The second-order valence-electron chi connectivity index (χ2n) is 5.04. The van der Waals surface area contributed by atoms with Crippen LogP contribution in [-0.2, 0) is 13.5 Å². The van der Waals surface area contributed by atoms with Crippen molar-refractivity contribution in [3.63, 3.8) is 0 Å². The van der Waals surface area contributed by atoms with Crippen LogP contribution in [0.2, 0.25) is 0 Å². The molecule has 104 valence electrons. The van der Waals surface area contributed by atoms with Gasteiger partial charge in [0, 0.05) is 25.6 Å². The van der Waals surface area contributed by atoms with E-state index in [9.17, 15) is 18.3 Å². The number of aromatic nitrogens is 2. The zero-order valence-electron chi connectivity index (χ0n) is 10.9. The van der Waals surface area contributed by atoms with Crippen molar-refractivity contribution in [3.05, 3.63) is 17.5 Å². The normalized spacial score (nSPS) is 15.7. The van der Waals surface area contributed by atoms with E-state index in [0.29, 0.717) is 6.42 Å².